The van der Waals surface area contributed by atoms with Crippen molar-refractivity contribution in [1.29, 1.82) is 0 Å². The van der Waals surface area contributed by atoms with E-state index < -0.39 is 11.8 Å². The zero-order valence-electron chi connectivity index (χ0n) is 24.2. The molecule has 0 fully saturated rings. The second-order valence-corrected chi connectivity index (χ2v) is 10.1. The fraction of sp³-hybridized carbons (Fsp3) is 0.688. The largest absolute Gasteiger partial charge is 0.338 e. The van der Waals surface area contributed by atoms with Crippen LogP contribution in [0, 0.1) is 11.8 Å². The maximum Gasteiger partial charge on any atom is 0.165 e. The van der Waals surface area contributed by atoms with Crippen LogP contribution in [0.1, 0.15) is 123 Å². The first-order valence-electron chi connectivity index (χ1n) is 14.9. The predicted octanol–water partition coefficient (Wildman–Crippen LogP) is 7.59. The molecule has 0 bridgehead atoms. The number of benzene rings is 1. The lowest BCUT2D eigenvalue weighted by molar-refractivity contribution is -0.207. The fourth-order valence-corrected chi connectivity index (χ4v) is 4.75. The molecule has 0 atom stereocenters. The van der Waals surface area contributed by atoms with Gasteiger partial charge in [0.25, 0.3) is 0 Å². The fourth-order valence-electron chi connectivity index (χ4n) is 4.75. The highest BCUT2D eigenvalue weighted by molar-refractivity contribution is 6.02. The Kier molecular flexibility index (Phi) is 18.3. The van der Waals surface area contributed by atoms with Gasteiger partial charge >= 0.3 is 0 Å². The van der Waals surface area contributed by atoms with Gasteiger partial charge in [0, 0.05) is 25.7 Å². The molecule has 0 N–H and O–H groups in total. The SMILES string of the molecule is CCC(=O)C(CCCCCCOOc1cccc(CCCCCCC(C(=O)CC)C(=O)CC)c1)C(=O)CC. The third-order valence-electron chi connectivity index (χ3n) is 7.18. The number of carbonyl (C=O) groups excluding carboxylic acids is 4. The van der Waals surface area contributed by atoms with Crippen LogP contribution >= 0.6 is 0 Å². The Morgan fingerprint density at radius 3 is 1.61 bits per heavy atom. The topological polar surface area (TPSA) is 86.7 Å². The van der Waals surface area contributed by atoms with Crippen LogP contribution in [0.3, 0.4) is 0 Å². The van der Waals surface area contributed by atoms with E-state index in [1.54, 1.807) is 0 Å². The summed E-state index contributed by atoms with van der Waals surface area (Å²) in [5.74, 6) is 0.156. The first-order chi connectivity index (χ1) is 18.4. The molecule has 0 aliphatic heterocycles. The Hall–Kier alpha value is -2.34. The average Bonchev–Trinajstić information content (AvgIpc) is 2.94. The van der Waals surface area contributed by atoms with E-state index >= 15 is 0 Å². The van der Waals surface area contributed by atoms with Crippen molar-refractivity contribution in [3.05, 3.63) is 29.8 Å². The second-order valence-electron chi connectivity index (χ2n) is 10.1. The molecule has 38 heavy (non-hydrogen) atoms. The molecule has 1 aromatic carbocycles. The molecule has 0 saturated carbocycles. The summed E-state index contributed by atoms with van der Waals surface area (Å²) in [6, 6.07) is 7.94. The zero-order chi connectivity index (χ0) is 28.2. The lowest BCUT2D eigenvalue weighted by Crippen LogP contribution is -2.22. The molecule has 0 amide bonds. The van der Waals surface area contributed by atoms with Crippen molar-refractivity contribution >= 4 is 23.1 Å². The highest BCUT2D eigenvalue weighted by atomic mass is 17.2. The highest BCUT2D eigenvalue weighted by Gasteiger charge is 2.23. The molecule has 0 heterocycles. The van der Waals surface area contributed by atoms with Crippen LogP contribution in [0.25, 0.3) is 0 Å². The van der Waals surface area contributed by atoms with Gasteiger partial charge in [0.2, 0.25) is 0 Å². The second kappa shape index (κ2) is 20.6. The highest BCUT2D eigenvalue weighted by Crippen LogP contribution is 2.20. The van der Waals surface area contributed by atoms with E-state index in [0.29, 0.717) is 50.9 Å². The first kappa shape index (κ1) is 33.7. The number of unbranched alkanes of at least 4 members (excludes halogenated alkanes) is 6. The van der Waals surface area contributed by atoms with Crippen molar-refractivity contribution in [3.63, 3.8) is 0 Å². The number of rotatable bonds is 24. The summed E-state index contributed by atoms with van der Waals surface area (Å²) in [5, 5.41) is 0. The first-order valence-corrected chi connectivity index (χ1v) is 14.9. The maximum atomic E-state index is 12.0. The lowest BCUT2D eigenvalue weighted by Gasteiger charge is -2.13. The summed E-state index contributed by atoms with van der Waals surface area (Å²) < 4.78 is 0. The molecule has 0 unspecified atom stereocenters. The van der Waals surface area contributed by atoms with Gasteiger partial charge in [-0.25, -0.2) is 0 Å². The number of hydrogen-bond acceptors (Lipinski definition) is 6. The number of aryl methyl sites for hydroxylation is 1. The van der Waals surface area contributed by atoms with E-state index in [-0.39, 0.29) is 23.1 Å². The van der Waals surface area contributed by atoms with Crippen LogP contribution in [0.2, 0.25) is 0 Å². The normalized spacial score (nSPS) is 11.2. The standard InChI is InChI=1S/C32H50O6/c1-5-29(33)27(30(34)6-2)21-14-10-9-13-18-25-19-17-20-26(24-25)38-37-23-16-12-11-15-22-28(31(35)7-3)32(36)8-4/h17,19-20,24,27-28H,5-16,18,21-23H2,1-4H3. The Morgan fingerprint density at radius 2 is 1.11 bits per heavy atom. The van der Waals surface area contributed by atoms with Crippen LogP contribution in [0.5, 0.6) is 5.75 Å². The predicted molar refractivity (Wildman–Crippen MR) is 151 cm³/mol. The van der Waals surface area contributed by atoms with E-state index in [0.717, 1.165) is 57.8 Å². The van der Waals surface area contributed by atoms with Crippen molar-refractivity contribution < 1.29 is 29.0 Å². The van der Waals surface area contributed by atoms with Crippen molar-refractivity contribution in [2.45, 2.75) is 124 Å². The van der Waals surface area contributed by atoms with Gasteiger partial charge in [0.15, 0.2) is 5.75 Å². The number of Topliss-reactive ketones (excluding diaryl/α,β-unsaturated/α-hetero) is 4. The molecule has 214 valence electrons. The number of ketones is 4. The van der Waals surface area contributed by atoms with Crippen molar-refractivity contribution in [2.75, 3.05) is 6.61 Å². The molecular weight excluding hydrogens is 480 g/mol. The summed E-state index contributed by atoms with van der Waals surface area (Å²) in [6.07, 6.45) is 11.7. The van der Waals surface area contributed by atoms with E-state index in [1.807, 2.05) is 45.9 Å². The van der Waals surface area contributed by atoms with Gasteiger partial charge in [0.05, 0.1) is 18.4 Å². The summed E-state index contributed by atoms with van der Waals surface area (Å²) >= 11 is 0. The molecule has 0 aliphatic rings. The Labute approximate surface area is 230 Å². The van der Waals surface area contributed by atoms with E-state index in [4.69, 9.17) is 9.78 Å². The van der Waals surface area contributed by atoms with Gasteiger partial charge in [-0.15, -0.1) is 0 Å². The van der Waals surface area contributed by atoms with Crippen LogP contribution in [0.15, 0.2) is 24.3 Å². The third kappa shape index (κ3) is 13.5. The van der Waals surface area contributed by atoms with Crippen LogP contribution in [-0.4, -0.2) is 29.7 Å². The minimum atomic E-state index is -0.419. The van der Waals surface area contributed by atoms with E-state index in [2.05, 4.69) is 6.07 Å². The molecule has 6 heteroatoms. The third-order valence-corrected chi connectivity index (χ3v) is 7.18. The van der Waals surface area contributed by atoms with Gasteiger partial charge in [-0.1, -0.05) is 78.4 Å². The lowest BCUT2D eigenvalue weighted by atomic mass is 9.90. The maximum absolute atomic E-state index is 12.0. The van der Waals surface area contributed by atoms with Gasteiger partial charge in [0.1, 0.15) is 23.1 Å². The zero-order valence-corrected chi connectivity index (χ0v) is 24.2. The van der Waals surface area contributed by atoms with E-state index in [1.165, 1.54) is 5.56 Å². The average molecular weight is 531 g/mol. The Bertz CT molecular complexity index is 814. The minimum absolute atomic E-state index is 0.0640. The Morgan fingerprint density at radius 1 is 0.632 bits per heavy atom. The summed E-state index contributed by atoms with van der Waals surface area (Å²) in [4.78, 5) is 58.9. The van der Waals surface area contributed by atoms with E-state index in [9.17, 15) is 19.2 Å². The van der Waals surface area contributed by atoms with Crippen LogP contribution in [0.4, 0.5) is 0 Å². The van der Waals surface area contributed by atoms with Gasteiger partial charge < -0.3 is 4.89 Å². The molecule has 1 rings (SSSR count). The molecule has 0 saturated heterocycles. The van der Waals surface area contributed by atoms with Crippen molar-refractivity contribution in [1.82, 2.24) is 0 Å². The Balaban J connectivity index is 2.20. The number of carbonyl (C=O) groups is 4. The molecule has 0 aliphatic carbocycles. The molecular formula is C32H50O6. The molecule has 0 radical (unpaired) electrons. The molecule has 1 aromatic rings. The summed E-state index contributed by atoms with van der Waals surface area (Å²) in [6.45, 7) is 7.79. The summed E-state index contributed by atoms with van der Waals surface area (Å²) in [7, 11) is 0. The molecule has 6 nitrogen and oxygen atoms in total. The van der Waals surface area contributed by atoms with Gasteiger partial charge in [-0.2, -0.15) is 4.89 Å². The van der Waals surface area contributed by atoms with Gasteiger partial charge in [-0.05, 0) is 49.8 Å². The van der Waals surface area contributed by atoms with Gasteiger partial charge in [-0.3, -0.25) is 19.2 Å². The van der Waals surface area contributed by atoms with Crippen LogP contribution in [-0.2, 0) is 30.5 Å². The minimum Gasteiger partial charge on any atom is -0.338 e. The summed E-state index contributed by atoms with van der Waals surface area (Å²) in [5.41, 5.74) is 1.20. The van der Waals surface area contributed by atoms with Crippen molar-refractivity contribution in [3.8, 4) is 5.75 Å². The van der Waals surface area contributed by atoms with Crippen molar-refractivity contribution in [2.24, 2.45) is 11.8 Å². The monoisotopic (exact) mass is 530 g/mol. The molecule has 0 spiro atoms. The molecule has 0 aromatic heterocycles. The number of hydrogen-bond donors (Lipinski definition) is 0. The quantitative estimate of drug-likeness (QED) is 0.0592. The smallest absolute Gasteiger partial charge is 0.165 e. The van der Waals surface area contributed by atoms with Crippen LogP contribution < -0.4 is 4.89 Å².